The fourth-order valence-corrected chi connectivity index (χ4v) is 1.53. The molecule has 0 fully saturated rings. The molecule has 0 aliphatic carbocycles. The number of amides is 1. The first-order valence-electron chi connectivity index (χ1n) is 4.44. The number of carbonyl (C=O) groups is 1. The lowest BCUT2D eigenvalue weighted by molar-refractivity contribution is 0.0705. The van der Waals surface area contributed by atoms with Crippen molar-refractivity contribution in [1.82, 2.24) is 15.8 Å². The van der Waals surface area contributed by atoms with Gasteiger partial charge in [0.25, 0.3) is 5.91 Å². The molecule has 2 heterocycles. The quantitative estimate of drug-likeness (QED) is 0.428. The number of pyridine rings is 1. The van der Waals surface area contributed by atoms with E-state index in [1.165, 1.54) is 6.20 Å². The molecular weight excluding hydrogens is 182 g/mol. The van der Waals surface area contributed by atoms with E-state index >= 15 is 0 Å². The van der Waals surface area contributed by atoms with E-state index in [1.54, 1.807) is 11.5 Å². The van der Waals surface area contributed by atoms with Crippen molar-refractivity contribution in [2.24, 2.45) is 0 Å². The Labute approximate surface area is 81.1 Å². The van der Waals surface area contributed by atoms with Crippen LogP contribution >= 0.6 is 0 Å². The Balaban J connectivity index is 2.33. The molecule has 74 valence electrons. The molecule has 0 radical (unpaired) electrons. The molecule has 1 aromatic rings. The van der Waals surface area contributed by atoms with Crippen LogP contribution in [0.2, 0.25) is 0 Å². The van der Waals surface area contributed by atoms with Crippen LogP contribution in [0.4, 0.5) is 0 Å². The maximum Gasteiger partial charge on any atom is 0.276 e. The van der Waals surface area contributed by atoms with Crippen LogP contribution in [-0.4, -0.2) is 22.6 Å². The Morgan fingerprint density at radius 1 is 1.64 bits per heavy atom. The highest BCUT2D eigenvalue weighted by molar-refractivity contribution is 5.93. The summed E-state index contributed by atoms with van der Waals surface area (Å²) < 4.78 is 0. The summed E-state index contributed by atoms with van der Waals surface area (Å²) in [4.78, 5) is 15.2. The zero-order chi connectivity index (χ0) is 9.97. The van der Waals surface area contributed by atoms with Crippen molar-refractivity contribution in [3.8, 4) is 0 Å². The van der Waals surface area contributed by atoms with Crippen molar-refractivity contribution < 1.29 is 10.0 Å². The third-order valence-electron chi connectivity index (χ3n) is 2.29. The molecule has 3 N–H and O–H groups in total. The number of hydroxylamine groups is 1. The zero-order valence-electron chi connectivity index (χ0n) is 7.58. The van der Waals surface area contributed by atoms with E-state index in [2.05, 4.69) is 10.3 Å². The van der Waals surface area contributed by atoms with Gasteiger partial charge in [-0.3, -0.25) is 15.0 Å². The van der Waals surface area contributed by atoms with Gasteiger partial charge in [0.2, 0.25) is 0 Å². The number of nitrogens with zero attached hydrogens (tertiary/aromatic N) is 1. The molecule has 0 saturated carbocycles. The van der Waals surface area contributed by atoms with Crippen molar-refractivity contribution >= 4 is 5.91 Å². The minimum atomic E-state index is -0.515. The number of hydrogen-bond donors (Lipinski definition) is 3. The highest BCUT2D eigenvalue weighted by atomic mass is 16.5. The standard InChI is InChI=1S/C9H11N3O2/c13-9(12-14)7-3-6-1-2-10-5-8(6)11-4-7/h3-4,10,14H,1-2,5H2,(H,12,13). The van der Waals surface area contributed by atoms with Gasteiger partial charge < -0.3 is 5.32 Å². The maximum absolute atomic E-state index is 11.1. The summed E-state index contributed by atoms with van der Waals surface area (Å²) in [5.41, 5.74) is 4.04. The SMILES string of the molecule is O=C(NO)c1cnc2c(c1)CCNC2. The Bertz CT molecular complexity index is 365. The topological polar surface area (TPSA) is 74.2 Å². The molecule has 0 spiro atoms. The average molecular weight is 193 g/mol. The van der Waals surface area contributed by atoms with Crippen molar-refractivity contribution in [1.29, 1.82) is 0 Å². The van der Waals surface area contributed by atoms with E-state index in [9.17, 15) is 4.79 Å². The number of rotatable bonds is 1. The van der Waals surface area contributed by atoms with Crippen LogP contribution in [-0.2, 0) is 13.0 Å². The molecule has 5 heteroatoms. The summed E-state index contributed by atoms with van der Waals surface area (Å²) in [6.45, 7) is 1.65. The Kier molecular flexibility index (Phi) is 2.43. The molecule has 0 saturated heterocycles. The first-order valence-corrected chi connectivity index (χ1v) is 4.44. The third-order valence-corrected chi connectivity index (χ3v) is 2.29. The van der Waals surface area contributed by atoms with Gasteiger partial charge >= 0.3 is 0 Å². The molecule has 1 amide bonds. The van der Waals surface area contributed by atoms with Crippen molar-refractivity contribution in [2.45, 2.75) is 13.0 Å². The number of fused-ring (bicyclic) bond motifs is 1. The molecule has 0 unspecified atom stereocenters. The third kappa shape index (κ3) is 1.59. The summed E-state index contributed by atoms with van der Waals surface area (Å²) in [6.07, 6.45) is 2.34. The van der Waals surface area contributed by atoms with Crippen molar-refractivity contribution in [3.05, 3.63) is 29.1 Å². The molecule has 0 aromatic carbocycles. The van der Waals surface area contributed by atoms with E-state index < -0.39 is 5.91 Å². The summed E-state index contributed by atoms with van der Waals surface area (Å²) in [5, 5.41) is 11.6. The molecule has 1 aliphatic rings. The molecule has 0 atom stereocenters. The van der Waals surface area contributed by atoms with Gasteiger partial charge in [-0.05, 0) is 24.6 Å². The monoisotopic (exact) mass is 193 g/mol. The summed E-state index contributed by atoms with van der Waals surface area (Å²) in [6, 6.07) is 1.77. The fraction of sp³-hybridized carbons (Fsp3) is 0.333. The zero-order valence-corrected chi connectivity index (χ0v) is 7.58. The molecule has 0 bridgehead atoms. The van der Waals surface area contributed by atoms with Crippen LogP contribution in [0.1, 0.15) is 21.6 Å². The van der Waals surface area contributed by atoms with Crippen LogP contribution in [0.3, 0.4) is 0 Å². The molecule has 14 heavy (non-hydrogen) atoms. The molecule has 5 nitrogen and oxygen atoms in total. The second-order valence-corrected chi connectivity index (χ2v) is 3.20. The first kappa shape index (κ1) is 9.11. The predicted molar refractivity (Wildman–Crippen MR) is 48.9 cm³/mol. The van der Waals surface area contributed by atoms with Gasteiger partial charge in [-0.15, -0.1) is 0 Å². The second kappa shape index (κ2) is 3.73. The van der Waals surface area contributed by atoms with Crippen LogP contribution in [0.25, 0.3) is 0 Å². The maximum atomic E-state index is 11.1. The van der Waals surface area contributed by atoms with Gasteiger partial charge in [0, 0.05) is 12.7 Å². The largest absolute Gasteiger partial charge is 0.311 e. The molecular formula is C9H11N3O2. The van der Waals surface area contributed by atoms with E-state index in [0.29, 0.717) is 5.56 Å². The van der Waals surface area contributed by atoms with Gasteiger partial charge in [0.05, 0.1) is 11.3 Å². The Hall–Kier alpha value is -1.46. The van der Waals surface area contributed by atoms with Crippen LogP contribution in [0.15, 0.2) is 12.3 Å². The summed E-state index contributed by atoms with van der Waals surface area (Å²) in [5.74, 6) is -0.515. The van der Waals surface area contributed by atoms with Crippen LogP contribution < -0.4 is 10.8 Å². The number of aromatic nitrogens is 1. The van der Waals surface area contributed by atoms with Crippen LogP contribution in [0.5, 0.6) is 0 Å². The lowest BCUT2D eigenvalue weighted by Gasteiger charge is -2.16. The van der Waals surface area contributed by atoms with Gasteiger partial charge in [0.15, 0.2) is 0 Å². The normalized spacial score (nSPS) is 14.6. The molecule has 1 aliphatic heterocycles. The molecule has 1 aromatic heterocycles. The van der Waals surface area contributed by atoms with Gasteiger partial charge in [-0.1, -0.05) is 0 Å². The lowest BCUT2D eigenvalue weighted by atomic mass is 10.0. The fourth-order valence-electron chi connectivity index (χ4n) is 1.53. The smallest absolute Gasteiger partial charge is 0.276 e. The predicted octanol–water partition coefficient (Wildman–Crippen LogP) is -0.154. The first-order chi connectivity index (χ1) is 6.81. The Morgan fingerprint density at radius 2 is 2.50 bits per heavy atom. The number of hydrogen-bond acceptors (Lipinski definition) is 4. The van der Waals surface area contributed by atoms with Crippen LogP contribution in [0, 0.1) is 0 Å². The highest BCUT2D eigenvalue weighted by Crippen LogP contribution is 2.12. The Morgan fingerprint density at radius 3 is 3.29 bits per heavy atom. The highest BCUT2D eigenvalue weighted by Gasteiger charge is 2.12. The number of nitrogens with one attached hydrogen (secondary N) is 2. The van der Waals surface area contributed by atoms with E-state index in [1.807, 2.05) is 0 Å². The summed E-state index contributed by atoms with van der Waals surface area (Å²) >= 11 is 0. The van der Waals surface area contributed by atoms with E-state index in [4.69, 9.17) is 5.21 Å². The number of carbonyl (C=O) groups excluding carboxylic acids is 1. The average Bonchev–Trinajstić information content (AvgIpc) is 2.27. The second-order valence-electron chi connectivity index (χ2n) is 3.20. The van der Waals surface area contributed by atoms with Gasteiger partial charge in [-0.2, -0.15) is 0 Å². The van der Waals surface area contributed by atoms with E-state index in [0.717, 1.165) is 30.8 Å². The van der Waals surface area contributed by atoms with Gasteiger partial charge in [-0.25, -0.2) is 5.48 Å². The van der Waals surface area contributed by atoms with Crippen molar-refractivity contribution in [2.75, 3.05) is 6.54 Å². The van der Waals surface area contributed by atoms with Gasteiger partial charge in [0.1, 0.15) is 0 Å². The minimum Gasteiger partial charge on any atom is -0.311 e. The minimum absolute atomic E-state index is 0.396. The lowest BCUT2D eigenvalue weighted by Crippen LogP contribution is -2.26. The summed E-state index contributed by atoms with van der Waals surface area (Å²) in [7, 11) is 0. The molecule has 2 rings (SSSR count). The van der Waals surface area contributed by atoms with Crippen molar-refractivity contribution in [3.63, 3.8) is 0 Å². The van der Waals surface area contributed by atoms with E-state index in [-0.39, 0.29) is 0 Å².